The highest BCUT2D eigenvalue weighted by molar-refractivity contribution is 5.59. The smallest absolute Gasteiger partial charge is 0.143 e. The van der Waals surface area contributed by atoms with Crippen molar-refractivity contribution in [2.75, 3.05) is 25.2 Å². The Morgan fingerprint density at radius 2 is 2.14 bits per heavy atom. The second kappa shape index (κ2) is 6.91. The molecule has 2 aromatic rings. The number of ether oxygens (including phenoxy) is 1. The van der Waals surface area contributed by atoms with Crippen molar-refractivity contribution in [3.05, 3.63) is 53.2 Å². The third-order valence-electron chi connectivity index (χ3n) is 3.15. The Morgan fingerprint density at radius 3 is 2.76 bits per heavy atom. The van der Waals surface area contributed by atoms with E-state index < -0.39 is 5.82 Å². The molecular formula is C16H17FN2O2. The summed E-state index contributed by atoms with van der Waals surface area (Å²) in [7, 11) is 1.60. The molecule has 0 saturated carbocycles. The monoisotopic (exact) mass is 288 g/mol. The molecule has 0 unspecified atom stereocenters. The minimum Gasteiger partial charge on any atom is -0.464 e. The maximum Gasteiger partial charge on any atom is 0.143 e. The number of benzene rings is 1. The number of hydrogen-bond acceptors (Lipinski definition) is 4. The minimum atomic E-state index is -0.520. The van der Waals surface area contributed by atoms with E-state index in [2.05, 4.69) is 0 Å². The lowest BCUT2D eigenvalue weighted by atomic mass is 10.1. The molecule has 0 aliphatic rings. The summed E-state index contributed by atoms with van der Waals surface area (Å²) < 4.78 is 24.4. The summed E-state index contributed by atoms with van der Waals surface area (Å²) in [6.07, 6.45) is 0. The molecule has 0 aliphatic heterocycles. The van der Waals surface area contributed by atoms with Crippen LogP contribution in [0.5, 0.6) is 0 Å². The van der Waals surface area contributed by atoms with Crippen molar-refractivity contribution in [1.29, 1.82) is 5.26 Å². The van der Waals surface area contributed by atoms with Gasteiger partial charge in [-0.25, -0.2) is 4.39 Å². The molecule has 4 nitrogen and oxygen atoms in total. The number of nitrogens with zero attached hydrogens (tertiary/aromatic N) is 2. The van der Waals surface area contributed by atoms with Gasteiger partial charge in [-0.05, 0) is 31.2 Å². The predicted octanol–water partition coefficient (Wildman–Crippen LogP) is 3.25. The minimum absolute atomic E-state index is 0.0388. The summed E-state index contributed by atoms with van der Waals surface area (Å²) in [5.41, 5.74) is 0.584. The van der Waals surface area contributed by atoms with Crippen molar-refractivity contribution in [3.63, 3.8) is 0 Å². The lowest BCUT2D eigenvalue weighted by Crippen LogP contribution is -2.27. The van der Waals surface area contributed by atoms with Gasteiger partial charge in [0.2, 0.25) is 0 Å². The molecule has 0 N–H and O–H groups in total. The fourth-order valence-corrected chi connectivity index (χ4v) is 2.13. The molecule has 0 fully saturated rings. The average molecular weight is 288 g/mol. The van der Waals surface area contributed by atoms with Crippen LogP contribution in [-0.4, -0.2) is 20.3 Å². The molecule has 0 atom stereocenters. The van der Waals surface area contributed by atoms with Crippen LogP contribution in [0.4, 0.5) is 10.1 Å². The summed E-state index contributed by atoms with van der Waals surface area (Å²) in [6, 6.07) is 10.3. The first kappa shape index (κ1) is 15.1. The number of anilines is 1. The molecule has 0 bridgehead atoms. The van der Waals surface area contributed by atoms with E-state index >= 15 is 0 Å². The maximum atomic E-state index is 13.8. The number of halogens is 1. The van der Waals surface area contributed by atoms with E-state index in [1.165, 1.54) is 6.07 Å². The topological polar surface area (TPSA) is 49.4 Å². The number of nitriles is 1. The van der Waals surface area contributed by atoms with Gasteiger partial charge in [0.1, 0.15) is 29.0 Å². The Balaban J connectivity index is 2.31. The molecule has 1 heterocycles. The Morgan fingerprint density at radius 1 is 1.33 bits per heavy atom. The summed E-state index contributed by atoms with van der Waals surface area (Å²) in [4.78, 5) is 1.88. The van der Waals surface area contributed by atoms with E-state index in [0.717, 1.165) is 11.5 Å². The van der Waals surface area contributed by atoms with Crippen LogP contribution in [-0.2, 0) is 11.3 Å². The number of rotatable bonds is 6. The fraction of sp³-hybridized carbons (Fsp3) is 0.312. The van der Waals surface area contributed by atoms with Gasteiger partial charge in [-0.3, -0.25) is 0 Å². The molecule has 0 aliphatic carbocycles. The second-order valence-corrected chi connectivity index (χ2v) is 4.67. The van der Waals surface area contributed by atoms with E-state index in [4.69, 9.17) is 9.15 Å². The molecule has 1 aromatic heterocycles. The first-order valence-corrected chi connectivity index (χ1v) is 6.63. The highest BCUT2D eigenvalue weighted by Gasteiger charge is 2.16. The Bertz CT molecular complexity index is 646. The number of aryl methyl sites for hydroxylation is 1. The second-order valence-electron chi connectivity index (χ2n) is 4.67. The van der Waals surface area contributed by atoms with Crippen LogP contribution >= 0.6 is 0 Å². The van der Waals surface area contributed by atoms with E-state index in [0.29, 0.717) is 25.4 Å². The third kappa shape index (κ3) is 3.61. The van der Waals surface area contributed by atoms with Crippen molar-refractivity contribution in [2.24, 2.45) is 0 Å². The lowest BCUT2D eigenvalue weighted by Gasteiger charge is -2.24. The van der Waals surface area contributed by atoms with Gasteiger partial charge in [0.15, 0.2) is 0 Å². The maximum absolute atomic E-state index is 13.8. The van der Waals surface area contributed by atoms with Crippen LogP contribution in [0.1, 0.15) is 17.1 Å². The SMILES string of the molecule is COCCN(Cc1ccc(C)o1)c1cccc(F)c1C#N. The predicted molar refractivity (Wildman–Crippen MR) is 77.5 cm³/mol. The van der Waals surface area contributed by atoms with Gasteiger partial charge in [0.25, 0.3) is 0 Å². The van der Waals surface area contributed by atoms with Crippen LogP contribution in [0, 0.1) is 24.1 Å². The zero-order valence-electron chi connectivity index (χ0n) is 12.1. The molecule has 110 valence electrons. The molecule has 0 saturated heterocycles. The molecule has 21 heavy (non-hydrogen) atoms. The van der Waals surface area contributed by atoms with Crippen LogP contribution in [0.25, 0.3) is 0 Å². The number of furan rings is 1. The van der Waals surface area contributed by atoms with Gasteiger partial charge in [0, 0.05) is 13.7 Å². The van der Waals surface area contributed by atoms with Crippen molar-refractivity contribution >= 4 is 5.69 Å². The van der Waals surface area contributed by atoms with Crippen molar-refractivity contribution in [2.45, 2.75) is 13.5 Å². The Labute approximate surface area is 123 Å². The standard InChI is InChI=1S/C16H17FN2O2/c1-12-6-7-13(21-12)11-19(8-9-20-2)16-5-3-4-15(17)14(16)10-18/h3-7H,8-9,11H2,1-2H3. The first-order chi connectivity index (χ1) is 10.2. The highest BCUT2D eigenvalue weighted by Crippen LogP contribution is 2.24. The first-order valence-electron chi connectivity index (χ1n) is 6.63. The zero-order valence-corrected chi connectivity index (χ0v) is 12.1. The molecule has 0 radical (unpaired) electrons. The zero-order chi connectivity index (χ0) is 15.2. The summed E-state index contributed by atoms with van der Waals surface area (Å²) in [6.45, 7) is 3.33. The van der Waals surface area contributed by atoms with Crippen LogP contribution in [0.2, 0.25) is 0 Å². The van der Waals surface area contributed by atoms with Crippen molar-refractivity contribution in [1.82, 2.24) is 0 Å². The molecule has 2 rings (SSSR count). The van der Waals surface area contributed by atoms with Gasteiger partial charge in [0.05, 0.1) is 18.8 Å². The molecule has 0 amide bonds. The van der Waals surface area contributed by atoms with Gasteiger partial charge < -0.3 is 14.1 Å². The summed E-state index contributed by atoms with van der Waals surface area (Å²) in [5.74, 6) is 1.06. The Kier molecular flexibility index (Phi) is 4.96. The lowest BCUT2D eigenvalue weighted by molar-refractivity contribution is 0.204. The molecular weight excluding hydrogens is 271 g/mol. The van der Waals surface area contributed by atoms with Crippen LogP contribution in [0.3, 0.4) is 0 Å². The van der Waals surface area contributed by atoms with Gasteiger partial charge in [-0.2, -0.15) is 5.26 Å². The van der Waals surface area contributed by atoms with E-state index in [9.17, 15) is 9.65 Å². The van der Waals surface area contributed by atoms with E-state index in [1.54, 1.807) is 19.2 Å². The highest BCUT2D eigenvalue weighted by atomic mass is 19.1. The largest absolute Gasteiger partial charge is 0.464 e. The number of hydrogen-bond donors (Lipinski definition) is 0. The van der Waals surface area contributed by atoms with Gasteiger partial charge >= 0.3 is 0 Å². The van der Waals surface area contributed by atoms with Gasteiger partial charge in [-0.15, -0.1) is 0 Å². The van der Waals surface area contributed by atoms with E-state index in [-0.39, 0.29) is 5.56 Å². The normalized spacial score (nSPS) is 10.4. The third-order valence-corrected chi connectivity index (χ3v) is 3.15. The van der Waals surface area contributed by atoms with Crippen molar-refractivity contribution < 1.29 is 13.5 Å². The fourth-order valence-electron chi connectivity index (χ4n) is 2.13. The summed E-state index contributed by atoms with van der Waals surface area (Å²) in [5, 5.41) is 9.17. The van der Waals surface area contributed by atoms with Crippen LogP contribution in [0.15, 0.2) is 34.7 Å². The molecule has 5 heteroatoms. The average Bonchev–Trinajstić information content (AvgIpc) is 2.88. The Hall–Kier alpha value is -2.32. The van der Waals surface area contributed by atoms with Crippen molar-refractivity contribution in [3.8, 4) is 6.07 Å². The van der Waals surface area contributed by atoms with Gasteiger partial charge in [-0.1, -0.05) is 6.07 Å². The number of methoxy groups -OCH3 is 1. The van der Waals surface area contributed by atoms with Crippen LogP contribution < -0.4 is 4.90 Å². The quantitative estimate of drug-likeness (QED) is 0.818. The molecule has 0 spiro atoms. The molecule has 1 aromatic carbocycles. The summed E-state index contributed by atoms with van der Waals surface area (Å²) >= 11 is 0. The van der Waals surface area contributed by atoms with E-state index in [1.807, 2.05) is 30.0 Å².